The molecular formula is C18H24N4O2. The largest absolute Gasteiger partial charge is 0.387 e. The smallest absolute Gasteiger partial charge is 0.315 e. The summed E-state index contributed by atoms with van der Waals surface area (Å²) in [6, 6.07) is 12.9. The molecule has 1 aromatic carbocycles. The van der Waals surface area contributed by atoms with Gasteiger partial charge in [0.05, 0.1) is 18.3 Å². The standard InChI is InChI=1S/C18H24N4O2/c1-13-6-4-7-14(10-13)16(23)12-20-18(24)19-11-15-8-5-9-17(21-15)22(2)3/h4-10,16,23H,11-12H2,1-3H3,(H2,19,20,24). The molecule has 1 atom stereocenters. The third-order valence-electron chi connectivity index (χ3n) is 3.56. The summed E-state index contributed by atoms with van der Waals surface area (Å²) in [6.07, 6.45) is -0.731. The Labute approximate surface area is 142 Å². The molecule has 0 spiro atoms. The molecule has 2 aromatic rings. The van der Waals surface area contributed by atoms with Crippen molar-refractivity contribution in [3.05, 3.63) is 59.3 Å². The summed E-state index contributed by atoms with van der Waals surface area (Å²) in [7, 11) is 3.83. The molecule has 6 heteroatoms. The number of hydrogen-bond donors (Lipinski definition) is 3. The van der Waals surface area contributed by atoms with Crippen LogP contribution in [0.3, 0.4) is 0 Å². The number of pyridine rings is 1. The van der Waals surface area contributed by atoms with Gasteiger partial charge in [-0.05, 0) is 24.6 Å². The molecule has 2 amide bonds. The van der Waals surface area contributed by atoms with E-state index in [2.05, 4.69) is 15.6 Å². The maximum atomic E-state index is 11.9. The molecule has 1 aromatic heterocycles. The van der Waals surface area contributed by atoms with E-state index in [1.165, 1.54) is 0 Å². The second kappa shape index (κ2) is 8.31. The van der Waals surface area contributed by atoms with Gasteiger partial charge in [-0.2, -0.15) is 0 Å². The van der Waals surface area contributed by atoms with Gasteiger partial charge in [0.25, 0.3) is 0 Å². The summed E-state index contributed by atoms with van der Waals surface area (Å²) in [5, 5.41) is 15.5. The minimum Gasteiger partial charge on any atom is -0.387 e. The third kappa shape index (κ3) is 5.24. The Bertz CT molecular complexity index is 688. The van der Waals surface area contributed by atoms with E-state index < -0.39 is 6.10 Å². The number of nitrogens with one attached hydrogen (secondary N) is 2. The Kier molecular flexibility index (Phi) is 6.14. The van der Waals surface area contributed by atoms with Crippen LogP contribution in [0.4, 0.5) is 10.6 Å². The lowest BCUT2D eigenvalue weighted by Crippen LogP contribution is -2.37. The van der Waals surface area contributed by atoms with E-state index in [0.29, 0.717) is 6.54 Å². The Morgan fingerprint density at radius 2 is 1.96 bits per heavy atom. The molecular weight excluding hydrogens is 304 g/mol. The summed E-state index contributed by atoms with van der Waals surface area (Å²) in [5.74, 6) is 0.838. The Balaban J connectivity index is 1.80. The topological polar surface area (TPSA) is 77.5 Å². The van der Waals surface area contributed by atoms with Gasteiger partial charge in [-0.15, -0.1) is 0 Å². The number of aryl methyl sites for hydroxylation is 1. The van der Waals surface area contributed by atoms with E-state index in [0.717, 1.165) is 22.6 Å². The van der Waals surface area contributed by atoms with Gasteiger partial charge in [0.1, 0.15) is 5.82 Å². The molecule has 0 bridgehead atoms. The van der Waals surface area contributed by atoms with E-state index in [4.69, 9.17) is 0 Å². The van der Waals surface area contributed by atoms with Gasteiger partial charge < -0.3 is 20.6 Å². The van der Waals surface area contributed by atoms with Crippen LogP contribution in [0.15, 0.2) is 42.5 Å². The Morgan fingerprint density at radius 3 is 2.67 bits per heavy atom. The average Bonchev–Trinajstić information content (AvgIpc) is 2.58. The molecule has 6 nitrogen and oxygen atoms in total. The Morgan fingerprint density at radius 1 is 1.21 bits per heavy atom. The van der Waals surface area contributed by atoms with Crippen LogP contribution in [-0.2, 0) is 6.54 Å². The second-order valence-electron chi connectivity index (χ2n) is 5.88. The van der Waals surface area contributed by atoms with Gasteiger partial charge in [-0.1, -0.05) is 35.9 Å². The summed E-state index contributed by atoms with van der Waals surface area (Å²) in [6.45, 7) is 2.44. The highest BCUT2D eigenvalue weighted by Gasteiger charge is 2.09. The van der Waals surface area contributed by atoms with Crippen molar-refractivity contribution in [2.75, 3.05) is 25.5 Å². The normalized spacial score (nSPS) is 11.7. The number of aromatic nitrogens is 1. The van der Waals surface area contributed by atoms with Crippen molar-refractivity contribution >= 4 is 11.8 Å². The first-order chi connectivity index (χ1) is 11.5. The molecule has 2 rings (SSSR count). The van der Waals surface area contributed by atoms with Crippen molar-refractivity contribution in [1.82, 2.24) is 15.6 Å². The molecule has 0 fully saturated rings. The molecule has 1 heterocycles. The van der Waals surface area contributed by atoms with Crippen LogP contribution in [0.2, 0.25) is 0 Å². The van der Waals surface area contributed by atoms with Crippen LogP contribution in [0.1, 0.15) is 22.9 Å². The minimum atomic E-state index is -0.731. The predicted octanol–water partition coefficient (Wildman–Crippen LogP) is 1.99. The van der Waals surface area contributed by atoms with Crippen molar-refractivity contribution in [1.29, 1.82) is 0 Å². The van der Waals surface area contributed by atoms with Crippen molar-refractivity contribution < 1.29 is 9.90 Å². The zero-order chi connectivity index (χ0) is 17.5. The number of rotatable bonds is 6. The lowest BCUT2D eigenvalue weighted by molar-refractivity contribution is 0.173. The van der Waals surface area contributed by atoms with Crippen molar-refractivity contribution in [2.24, 2.45) is 0 Å². The molecule has 24 heavy (non-hydrogen) atoms. The quantitative estimate of drug-likeness (QED) is 0.758. The SMILES string of the molecule is Cc1cccc(C(O)CNC(=O)NCc2cccc(N(C)C)n2)c1. The maximum absolute atomic E-state index is 11.9. The molecule has 3 N–H and O–H groups in total. The van der Waals surface area contributed by atoms with Crippen molar-refractivity contribution in [3.8, 4) is 0 Å². The molecule has 1 unspecified atom stereocenters. The highest BCUT2D eigenvalue weighted by atomic mass is 16.3. The number of benzene rings is 1. The summed E-state index contributed by atoms with van der Waals surface area (Å²) in [5.41, 5.74) is 2.63. The molecule has 128 valence electrons. The zero-order valence-corrected chi connectivity index (χ0v) is 14.3. The van der Waals surface area contributed by atoms with Crippen LogP contribution in [0.25, 0.3) is 0 Å². The number of urea groups is 1. The number of aliphatic hydroxyl groups excluding tert-OH is 1. The fraction of sp³-hybridized carbons (Fsp3) is 0.333. The maximum Gasteiger partial charge on any atom is 0.315 e. The molecule has 0 aliphatic heterocycles. The minimum absolute atomic E-state index is 0.153. The third-order valence-corrected chi connectivity index (χ3v) is 3.56. The molecule has 0 aliphatic carbocycles. The second-order valence-corrected chi connectivity index (χ2v) is 5.88. The first-order valence-corrected chi connectivity index (χ1v) is 7.85. The fourth-order valence-corrected chi connectivity index (χ4v) is 2.23. The first-order valence-electron chi connectivity index (χ1n) is 7.85. The molecule has 0 radical (unpaired) electrons. The lowest BCUT2D eigenvalue weighted by Gasteiger charge is -2.14. The highest BCUT2D eigenvalue weighted by molar-refractivity contribution is 5.73. The van der Waals surface area contributed by atoms with E-state index in [1.807, 2.05) is 68.4 Å². The van der Waals surface area contributed by atoms with Gasteiger partial charge >= 0.3 is 6.03 Å². The van der Waals surface area contributed by atoms with E-state index in [1.54, 1.807) is 0 Å². The zero-order valence-electron chi connectivity index (χ0n) is 14.3. The summed E-state index contributed by atoms with van der Waals surface area (Å²) < 4.78 is 0. The number of anilines is 1. The Hall–Kier alpha value is -2.60. The number of carbonyl (C=O) groups is 1. The monoisotopic (exact) mass is 328 g/mol. The van der Waals surface area contributed by atoms with E-state index in [9.17, 15) is 9.90 Å². The van der Waals surface area contributed by atoms with Gasteiger partial charge in [0, 0.05) is 20.6 Å². The van der Waals surface area contributed by atoms with Crippen molar-refractivity contribution in [3.63, 3.8) is 0 Å². The number of carbonyl (C=O) groups excluding carboxylic acids is 1. The molecule has 0 aliphatic rings. The molecule has 0 saturated carbocycles. The number of amides is 2. The molecule has 0 saturated heterocycles. The number of nitrogens with zero attached hydrogens (tertiary/aromatic N) is 2. The van der Waals surface area contributed by atoms with Gasteiger partial charge in [-0.3, -0.25) is 0 Å². The van der Waals surface area contributed by atoms with Crippen molar-refractivity contribution in [2.45, 2.75) is 19.6 Å². The van der Waals surface area contributed by atoms with Gasteiger partial charge in [0.2, 0.25) is 0 Å². The first kappa shape index (κ1) is 17.7. The van der Waals surface area contributed by atoms with Gasteiger partial charge in [0.15, 0.2) is 0 Å². The average molecular weight is 328 g/mol. The van der Waals surface area contributed by atoms with Crippen LogP contribution < -0.4 is 15.5 Å². The van der Waals surface area contributed by atoms with Gasteiger partial charge in [-0.25, -0.2) is 9.78 Å². The number of hydrogen-bond acceptors (Lipinski definition) is 4. The lowest BCUT2D eigenvalue weighted by atomic mass is 10.1. The highest BCUT2D eigenvalue weighted by Crippen LogP contribution is 2.13. The van der Waals surface area contributed by atoms with Crippen LogP contribution in [-0.4, -0.2) is 36.8 Å². The van der Waals surface area contributed by atoms with Crippen LogP contribution >= 0.6 is 0 Å². The summed E-state index contributed by atoms with van der Waals surface area (Å²) in [4.78, 5) is 18.2. The fourth-order valence-electron chi connectivity index (χ4n) is 2.23. The van der Waals surface area contributed by atoms with Crippen LogP contribution in [0.5, 0.6) is 0 Å². The number of aliphatic hydroxyl groups is 1. The van der Waals surface area contributed by atoms with E-state index in [-0.39, 0.29) is 12.6 Å². The summed E-state index contributed by atoms with van der Waals surface area (Å²) >= 11 is 0. The van der Waals surface area contributed by atoms with Crippen LogP contribution in [0, 0.1) is 6.92 Å². The van der Waals surface area contributed by atoms with E-state index >= 15 is 0 Å². The predicted molar refractivity (Wildman–Crippen MR) is 94.9 cm³/mol.